The SMILES string of the molecule is CC/C=C\C/C=C\C/C=C\C/C=C\CCCCCCCCCCCCCCCCCCCCCCC(=O)OCC(COC(=O)CCCCCCC/C=C\CCC)OC(=O)CCCCCCCCC/C=C\CCCCCCCC. The summed E-state index contributed by atoms with van der Waals surface area (Å²) in [6, 6.07) is 0. The van der Waals surface area contributed by atoms with Gasteiger partial charge in [-0.3, -0.25) is 14.4 Å². The molecule has 0 heterocycles. The molecule has 0 fully saturated rings. The summed E-state index contributed by atoms with van der Waals surface area (Å²) in [6.45, 7) is 6.49. The monoisotopic (exact) mass is 1090 g/mol. The Hall–Kier alpha value is -3.15. The van der Waals surface area contributed by atoms with Gasteiger partial charge in [0.25, 0.3) is 0 Å². The molecular weight excluding hydrogens is 961 g/mol. The van der Waals surface area contributed by atoms with Crippen LogP contribution in [-0.4, -0.2) is 37.2 Å². The molecule has 0 N–H and O–H groups in total. The predicted molar refractivity (Wildman–Crippen MR) is 339 cm³/mol. The van der Waals surface area contributed by atoms with Crippen LogP contribution in [0, 0.1) is 0 Å². The van der Waals surface area contributed by atoms with Crippen LogP contribution < -0.4 is 0 Å². The van der Waals surface area contributed by atoms with E-state index >= 15 is 0 Å². The standard InChI is InChI=1S/C72H128O6/c1-4-7-10-13-16-19-22-24-26-28-29-30-31-32-33-34-35-36-37-38-39-40-41-42-43-45-46-48-50-53-56-59-62-65-71(74)77-68-69(67-76-70(73)64-61-58-55-52-21-18-15-12-9-6-3)78-72(75)66-63-60-57-54-51-49-47-44-27-25-23-20-17-14-11-8-5-2/h7,10,12,15-16,19,24-27,29-30,69H,4-6,8-9,11,13-14,17-18,20-23,28,31-68H2,1-3H3/b10-7-,15-12-,19-16-,26-24-,27-25-,30-29-. The fourth-order valence-corrected chi connectivity index (χ4v) is 9.85. The van der Waals surface area contributed by atoms with Gasteiger partial charge in [0.15, 0.2) is 6.10 Å². The Labute approximate surface area is 484 Å². The lowest BCUT2D eigenvalue weighted by atomic mass is 10.0. The van der Waals surface area contributed by atoms with Crippen molar-refractivity contribution in [3.05, 3.63) is 72.9 Å². The number of unbranched alkanes of at least 4 members (excludes halogenated alkanes) is 39. The van der Waals surface area contributed by atoms with Crippen LogP contribution >= 0.6 is 0 Å². The van der Waals surface area contributed by atoms with E-state index in [1.807, 2.05) is 0 Å². The number of hydrogen-bond donors (Lipinski definition) is 0. The first-order valence-electron chi connectivity index (χ1n) is 33.9. The Balaban J connectivity index is 4.07. The molecule has 0 spiro atoms. The number of allylic oxidation sites excluding steroid dienone is 12. The lowest BCUT2D eigenvalue weighted by Gasteiger charge is -2.18. The first-order valence-corrected chi connectivity index (χ1v) is 33.9. The number of ether oxygens (including phenoxy) is 3. The zero-order valence-corrected chi connectivity index (χ0v) is 51.9. The van der Waals surface area contributed by atoms with Gasteiger partial charge in [0, 0.05) is 19.3 Å². The number of carbonyl (C=O) groups excluding carboxylic acids is 3. The van der Waals surface area contributed by atoms with Crippen LogP contribution in [0.5, 0.6) is 0 Å². The van der Waals surface area contributed by atoms with Crippen molar-refractivity contribution in [2.45, 2.75) is 354 Å². The molecule has 0 amide bonds. The average Bonchev–Trinajstić information content (AvgIpc) is 3.44. The highest BCUT2D eigenvalue weighted by atomic mass is 16.6. The third-order valence-electron chi connectivity index (χ3n) is 14.9. The van der Waals surface area contributed by atoms with Gasteiger partial charge in [0.2, 0.25) is 0 Å². The number of esters is 3. The van der Waals surface area contributed by atoms with E-state index in [0.29, 0.717) is 19.3 Å². The Morgan fingerprint density at radius 2 is 0.526 bits per heavy atom. The molecule has 1 unspecified atom stereocenters. The summed E-state index contributed by atoms with van der Waals surface area (Å²) >= 11 is 0. The maximum atomic E-state index is 12.9. The van der Waals surface area contributed by atoms with Crippen molar-refractivity contribution in [2.75, 3.05) is 13.2 Å². The largest absolute Gasteiger partial charge is 0.462 e. The summed E-state index contributed by atoms with van der Waals surface area (Å²) in [7, 11) is 0. The molecule has 0 aromatic rings. The van der Waals surface area contributed by atoms with Crippen molar-refractivity contribution >= 4 is 17.9 Å². The molecule has 78 heavy (non-hydrogen) atoms. The van der Waals surface area contributed by atoms with Gasteiger partial charge in [-0.1, -0.05) is 299 Å². The van der Waals surface area contributed by atoms with Gasteiger partial charge in [-0.15, -0.1) is 0 Å². The first-order chi connectivity index (χ1) is 38.5. The Morgan fingerprint density at radius 1 is 0.269 bits per heavy atom. The predicted octanol–water partition coefficient (Wildman–Crippen LogP) is 23.3. The molecule has 0 rings (SSSR count). The van der Waals surface area contributed by atoms with Crippen molar-refractivity contribution in [1.82, 2.24) is 0 Å². The second-order valence-corrected chi connectivity index (χ2v) is 22.7. The molecule has 452 valence electrons. The van der Waals surface area contributed by atoms with E-state index < -0.39 is 6.10 Å². The van der Waals surface area contributed by atoms with Gasteiger partial charge in [0.1, 0.15) is 13.2 Å². The second kappa shape index (κ2) is 66.4. The smallest absolute Gasteiger partial charge is 0.306 e. The van der Waals surface area contributed by atoms with Gasteiger partial charge in [-0.2, -0.15) is 0 Å². The Bertz CT molecular complexity index is 1440. The van der Waals surface area contributed by atoms with Crippen LogP contribution in [0.15, 0.2) is 72.9 Å². The third kappa shape index (κ3) is 63.7. The summed E-state index contributed by atoms with van der Waals surface area (Å²) in [6.07, 6.45) is 86.6. The molecule has 1 atom stereocenters. The van der Waals surface area contributed by atoms with Gasteiger partial charge >= 0.3 is 17.9 Å². The lowest BCUT2D eigenvalue weighted by Crippen LogP contribution is -2.30. The summed E-state index contributed by atoms with van der Waals surface area (Å²) in [5.74, 6) is -0.873. The summed E-state index contributed by atoms with van der Waals surface area (Å²) in [4.78, 5) is 38.2. The molecule has 0 bridgehead atoms. The minimum Gasteiger partial charge on any atom is -0.462 e. The van der Waals surface area contributed by atoms with Gasteiger partial charge in [-0.05, 0) is 103 Å². The first kappa shape index (κ1) is 74.8. The van der Waals surface area contributed by atoms with E-state index in [9.17, 15) is 14.4 Å². The fourth-order valence-electron chi connectivity index (χ4n) is 9.85. The van der Waals surface area contributed by atoms with Crippen LogP contribution in [0.3, 0.4) is 0 Å². The molecule has 0 aromatic heterocycles. The second-order valence-electron chi connectivity index (χ2n) is 22.7. The van der Waals surface area contributed by atoms with Crippen molar-refractivity contribution in [3.63, 3.8) is 0 Å². The van der Waals surface area contributed by atoms with Crippen molar-refractivity contribution in [2.24, 2.45) is 0 Å². The maximum Gasteiger partial charge on any atom is 0.306 e. The Kier molecular flexibility index (Phi) is 63.7. The molecule has 6 heteroatoms. The molecule has 0 saturated heterocycles. The number of hydrogen-bond acceptors (Lipinski definition) is 6. The number of rotatable bonds is 62. The van der Waals surface area contributed by atoms with E-state index in [-0.39, 0.29) is 31.1 Å². The zero-order valence-electron chi connectivity index (χ0n) is 51.9. The third-order valence-corrected chi connectivity index (χ3v) is 14.9. The highest BCUT2D eigenvalue weighted by Gasteiger charge is 2.19. The lowest BCUT2D eigenvalue weighted by molar-refractivity contribution is -0.167. The van der Waals surface area contributed by atoms with Crippen molar-refractivity contribution < 1.29 is 28.6 Å². The van der Waals surface area contributed by atoms with Gasteiger partial charge in [0.05, 0.1) is 0 Å². The molecule has 0 aliphatic rings. The fraction of sp³-hybridized carbons (Fsp3) is 0.792. The highest BCUT2D eigenvalue weighted by Crippen LogP contribution is 2.18. The molecule has 6 nitrogen and oxygen atoms in total. The Morgan fingerprint density at radius 3 is 0.846 bits per heavy atom. The zero-order chi connectivity index (χ0) is 56.4. The summed E-state index contributed by atoms with van der Waals surface area (Å²) in [5, 5.41) is 0. The van der Waals surface area contributed by atoms with Crippen molar-refractivity contribution in [1.29, 1.82) is 0 Å². The topological polar surface area (TPSA) is 78.9 Å². The van der Waals surface area contributed by atoms with Gasteiger partial charge < -0.3 is 14.2 Å². The normalized spacial score (nSPS) is 12.5. The van der Waals surface area contributed by atoms with Crippen LogP contribution in [0.1, 0.15) is 348 Å². The molecule has 0 aliphatic heterocycles. The summed E-state index contributed by atoms with van der Waals surface area (Å²) < 4.78 is 16.9. The van der Waals surface area contributed by atoms with E-state index in [4.69, 9.17) is 14.2 Å². The van der Waals surface area contributed by atoms with Crippen LogP contribution in [-0.2, 0) is 28.6 Å². The minimum absolute atomic E-state index is 0.0753. The molecule has 0 aromatic carbocycles. The number of carbonyl (C=O) groups is 3. The van der Waals surface area contributed by atoms with E-state index in [2.05, 4.69) is 93.7 Å². The maximum absolute atomic E-state index is 12.9. The van der Waals surface area contributed by atoms with Gasteiger partial charge in [-0.25, -0.2) is 0 Å². The van der Waals surface area contributed by atoms with E-state index in [0.717, 1.165) is 96.3 Å². The van der Waals surface area contributed by atoms with E-state index in [1.165, 1.54) is 212 Å². The molecule has 0 radical (unpaired) electrons. The summed E-state index contributed by atoms with van der Waals surface area (Å²) in [5.41, 5.74) is 0. The molecule has 0 aliphatic carbocycles. The quantitative estimate of drug-likeness (QED) is 0.0261. The van der Waals surface area contributed by atoms with Crippen LogP contribution in [0.4, 0.5) is 0 Å². The minimum atomic E-state index is -0.778. The highest BCUT2D eigenvalue weighted by molar-refractivity contribution is 5.71. The van der Waals surface area contributed by atoms with Crippen LogP contribution in [0.2, 0.25) is 0 Å². The van der Waals surface area contributed by atoms with E-state index in [1.54, 1.807) is 0 Å². The van der Waals surface area contributed by atoms with Crippen molar-refractivity contribution in [3.8, 4) is 0 Å². The van der Waals surface area contributed by atoms with Crippen LogP contribution in [0.25, 0.3) is 0 Å². The molecular formula is C72H128O6. The molecule has 0 saturated carbocycles. The average molecular weight is 1090 g/mol.